The van der Waals surface area contributed by atoms with E-state index >= 15 is 0 Å². The fourth-order valence-electron chi connectivity index (χ4n) is 1.64. The molecule has 2 N–H and O–H groups in total. The van der Waals surface area contributed by atoms with Crippen LogP contribution in [0.3, 0.4) is 0 Å². The highest BCUT2D eigenvalue weighted by atomic mass is 16.3. The van der Waals surface area contributed by atoms with Gasteiger partial charge in [-0.15, -0.1) is 0 Å². The number of phenolic OH excluding ortho intramolecular Hbond substituents is 1. The molecular formula is C14H19N3O. The highest BCUT2D eigenvalue weighted by molar-refractivity contribution is 5.47. The number of benzene rings is 1. The summed E-state index contributed by atoms with van der Waals surface area (Å²) < 4.78 is 1.95. The summed E-state index contributed by atoms with van der Waals surface area (Å²) in [5.74, 6) is 0.269. The molecule has 0 aliphatic carbocycles. The van der Waals surface area contributed by atoms with Crippen molar-refractivity contribution in [3.05, 3.63) is 42.2 Å². The van der Waals surface area contributed by atoms with Gasteiger partial charge in [-0.05, 0) is 32.9 Å². The molecule has 96 valence electrons. The molecule has 0 saturated carbocycles. The zero-order chi connectivity index (χ0) is 13.2. The molecule has 1 aromatic heterocycles. The third-order valence-corrected chi connectivity index (χ3v) is 2.67. The zero-order valence-corrected chi connectivity index (χ0v) is 11.0. The molecule has 0 radical (unpaired) electrons. The summed E-state index contributed by atoms with van der Waals surface area (Å²) in [5, 5.41) is 17.0. The van der Waals surface area contributed by atoms with Crippen LogP contribution in [0.1, 0.15) is 26.3 Å². The molecule has 4 heteroatoms. The van der Waals surface area contributed by atoms with Gasteiger partial charge < -0.3 is 10.4 Å². The summed E-state index contributed by atoms with van der Waals surface area (Å²) in [4.78, 5) is 0. The van der Waals surface area contributed by atoms with Crippen LogP contribution in [0.4, 0.5) is 5.69 Å². The lowest BCUT2D eigenvalue weighted by Crippen LogP contribution is -2.21. The van der Waals surface area contributed by atoms with Crippen molar-refractivity contribution in [1.29, 1.82) is 0 Å². The molecule has 0 unspecified atom stereocenters. The van der Waals surface area contributed by atoms with Gasteiger partial charge in [-0.2, -0.15) is 5.10 Å². The molecule has 0 amide bonds. The summed E-state index contributed by atoms with van der Waals surface area (Å²) in [6.45, 7) is 7.05. The average Bonchev–Trinajstić information content (AvgIpc) is 2.74. The second-order valence-electron chi connectivity index (χ2n) is 5.37. The van der Waals surface area contributed by atoms with Crippen molar-refractivity contribution < 1.29 is 5.11 Å². The Morgan fingerprint density at radius 3 is 2.72 bits per heavy atom. The van der Waals surface area contributed by atoms with Crippen molar-refractivity contribution in [3.63, 3.8) is 0 Å². The van der Waals surface area contributed by atoms with E-state index in [4.69, 9.17) is 0 Å². The first-order chi connectivity index (χ1) is 8.45. The van der Waals surface area contributed by atoms with Crippen LogP contribution in [0.25, 0.3) is 0 Å². The first-order valence-electron chi connectivity index (χ1n) is 6.02. The largest absolute Gasteiger partial charge is 0.508 e. The smallest absolute Gasteiger partial charge is 0.117 e. The van der Waals surface area contributed by atoms with Gasteiger partial charge in [-0.3, -0.25) is 4.68 Å². The molecule has 1 heterocycles. The fourth-order valence-corrected chi connectivity index (χ4v) is 1.64. The number of aromatic hydroxyl groups is 1. The van der Waals surface area contributed by atoms with E-state index in [1.165, 1.54) is 0 Å². The summed E-state index contributed by atoms with van der Waals surface area (Å²) in [7, 11) is 0. The molecule has 1 aromatic carbocycles. The minimum Gasteiger partial charge on any atom is -0.508 e. The van der Waals surface area contributed by atoms with Crippen LogP contribution in [0.2, 0.25) is 0 Å². The molecule has 0 bridgehead atoms. The van der Waals surface area contributed by atoms with Crippen molar-refractivity contribution in [2.24, 2.45) is 0 Å². The van der Waals surface area contributed by atoms with Crippen LogP contribution in [0, 0.1) is 0 Å². The Kier molecular flexibility index (Phi) is 3.28. The summed E-state index contributed by atoms with van der Waals surface area (Å²) in [5.41, 5.74) is 2.02. The van der Waals surface area contributed by atoms with E-state index in [1.807, 2.05) is 29.2 Å². The topological polar surface area (TPSA) is 50.1 Å². The van der Waals surface area contributed by atoms with E-state index in [2.05, 4.69) is 31.2 Å². The fraction of sp³-hybridized carbons (Fsp3) is 0.357. The second kappa shape index (κ2) is 4.72. The number of nitrogens with one attached hydrogen (secondary N) is 1. The SMILES string of the molecule is CC(C)(C)n1cc(CNc2cccc(O)c2)cn1. The Balaban J connectivity index is 2.01. The van der Waals surface area contributed by atoms with Gasteiger partial charge in [0.15, 0.2) is 0 Å². The maximum absolute atomic E-state index is 9.36. The Morgan fingerprint density at radius 2 is 2.11 bits per heavy atom. The Hall–Kier alpha value is -1.97. The van der Waals surface area contributed by atoms with Crippen LogP contribution in [-0.4, -0.2) is 14.9 Å². The van der Waals surface area contributed by atoms with Gasteiger partial charge in [0.05, 0.1) is 11.7 Å². The van der Waals surface area contributed by atoms with Crippen molar-refractivity contribution in [1.82, 2.24) is 9.78 Å². The highest BCUT2D eigenvalue weighted by Gasteiger charge is 2.13. The predicted molar refractivity (Wildman–Crippen MR) is 72.7 cm³/mol. The minimum atomic E-state index is 0.00324. The standard InChI is InChI=1S/C14H19N3O/c1-14(2,3)17-10-11(9-16-17)8-15-12-5-4-6-13(18)7-12/h4-7,9-10,15,18H,8H2,1-3H3. The molecule has 2 rings (SSSR count). The lowest BCUT2D eigenvalue weighted by molar-refractivity contribution is 0.355. The van der Waals surface area contributed by atoms with Gasteiger partial charge in [0, 0.05) is 30.1 Å². The van der Waals surface area contributed by atoms with Gasteiger partial charge in [-0.25, -0.2) is 0 Å². The van der Waals surface area contributed by atoms with Crippen LogP contribution in [-0.2, 0) is 12.1 Å². The van der Waals surface area contributed by atoms with Crippen molar-refractivity contribution in [2.75, 3.05) is 5.32 Å². The van der Waals surface area contributed by atoms with Gasteiger partial charge in [-0.1, -0.05) is 6.07 Å². The lowest BCUT2D eigenvalue weighted by atomic mass is 10.1. The molecule has 0 atom stereocenters. The minimum absolute atomic E-state index is 0.00324. The van der Waals surface area contributed by atoms with E-state index in [0.29, 0.717) is 6.54 Å². The van der Waals surface area contributed by atoms with Crippen LogP contribution in [0.15, 0.2) is 36.7 Å². The quantitative estimate of drug-likeness (QED) is 0.874. The third kappa shape index (κ3) is 3.03. The van der Waals surface area contributed by atoms with E-state index in [-0.39, 0.29) is 11.3 Å². The van der Waals surface area contributed by atoms with E-state index < -0.39 is 0 Å². The number of phenols is 1. The Bertz CT molecular complexity index is 526. The Morgan fingerprint density at radius 1 is 1.33 bits per heavy atom. The lowest BCUT2D eigenvalue weighted by Gasteiger charge is -2.18. The first-order valence-corrected chi connectivity index (χ1v) is 6.02. The monoisotopic (exact) mass is 245 g/mol. The van der Waals surface area contributed by atoms with Gasteiger partial charge in [0.1, 0.15) is 5.75 Å². The van der Waals surface area contributed by atoms with Crippen molar-refractivity contribution >= 4 is 5.69 Å². The zero-order valence-electron chi connectivity index (χ0n) is 11.0. The summed E-state index contributed by atoms with van der Waals surface area (Å²) >= 11 is 0. The summed E-state index contributed by atoms with van der Waals surface area (Å²) in [6, 6.07) is 7.10. The van der Waals surface area contributed by atoms with Crippen LogP contribution >= 0.6 is 0 Å². The molecule has 0 aliphatic heterocycles. The molecule has 0 fully saturated rings. The molecule has 18 heavy (non-hydrogen) atoms. The molecule has 2 aromatic rings. The molecular weight excluding hydrogens is 226 g/mol. The highest BCUT2D eigenvalue weighted by Crippen LogP contribution is 2.17. The van der Waals surface area contributed by atoms with Gasteiger partial charge in [0.2, 0.25) is 0 Å². The molecule has 4 nitrogen and oxygen atoms in total. The van der Waals surface area contributed by atoms with Gasteiger partial charge >= 0.3 is 0 Å². The molecule has 0 spiro atoms. The average molecular weight is 245 g/mol. The predicted octanol–water partition coefficient (Wildman–Crippen LogP) is 2.96. The summed E-state index contributed by atoms with van der Waals surface area (Å²) in [6.07, 6.45) is 3.90. The Labute approximate surface area is 107 Å². The maximum Gasteiger partial charge on any atom is 0.117 e. The molecule has 0 aliphatic rings. The van der Waals surface area contributed by atoms with E-state index in [0.717, 1.165) is 11.3 Å². The van der Waals surface area contributed by atoms with E-state index in [9.17, 15) is 5.11 Å². The normalized spacial score (nSPS) is 11.5. The number of hydrogen-bond donors (Lipinski definition) is 2. The second-order valence-corrected chi connectivity index (χ2v) is 5.37. The number of aromatic nitrogens is 2. The van der Waals surface area contributed by atoms with E-state index in [1.54, 1.807) is 12.1 Å². The first kappa shape index (κ1) is 12.5. The maximum atomic E-state index is 9.36. The number of hydrogen-bond acceptors (Lipinski definition) is 3. The van der Waals surface area contributed by atoms with Crippen LogP contribution in [0.5, 0.6) is 5.75 Å². The van der Waals surface area contributed by atoms with Crippen molar-refractivity contribution in [2.45, 2.75) is 32.9 Å². The number of rotatable bonds is 3. The van der Waals surface area contributed by atoms with Crippen molar-refractivity contribution in [3.8, 4) is 5.75 Å². The number of nitrogens with zero attached hydrogens (tertiary/aromatic N) is 2. The molecule has 0 saturated heterocycles. The number of anilines is 1. The third-order valence-electron chi connectivity index (χ3n) is 2.67. The van der Waals surface area contributed by atoms with Gasteiger partial charge in [0.25, 0.3) is 0 Å². The van der Waals surface area contributed by atoms with Crippen LogP contribution < -0.4 is 5.32 Å².